The Bertz CT molecular complexity index is 191. The van der Waals surface area contributed by atoms with Gasteiger partial charge in [0.15, 0.2) is 0 Å². The number of hydrogen-bond acceptors (Lipinski definition) is 2. The van der Waals surface area contributed by atoms with Crippen LogP contribution in [-0.2, 0) is 0 Å². The Morgan fingerprint density at radius 1 is 1.19 bits per heavy atom. The minimum absolute atomic E-state index is 0.704. The SMILES string of the molecule is CCC1CN(C(CC)C(C)C)C(CC)CN1. The van der Waals surface area contributed by atoms with E-state index in [1.54, 1.807) is 0 Å². The summed E-state index contributed by atoms with van der Waals surface area (Å²) < 4.78 is 0. The van der Waals surface area contributed by atoms with Gasteiger partial charge in [-0.25, -0.2) is 0 Å². The fourth-order valence-electron chi connectivity index (χ4n) is 3.04. The molecule has 1 aliphatic heterocycles. The highest BCUT2D eigenvalue weighted by Crippen LogP contribution is 2.22. The lowest BCUT2D eigenvalue weighted by Crippen LogP contribution is -2.60. The summed E-state index contributed by atoms with van der Waals surface area (Å²) in [6.07, 6.45) is 3.80. The number of rotatable bonds is 5. The van der Waals surface area contributed by atoms with Crippen LogP contribution in [0, 0.1) is 5.92 Å². The number of nitrogens with zero attached hydrogens (tertiary/aromatic N) is 1. The molecule has 1 heterocycles. The third kappa shape index (κ3) is 3.21. The molecule has 2 nitrogen and oxygen atoms in total. The topological polar surface area (TPSA) is 15.3 Å². The predicted molar refractivity (Wildman–Crippen MR) is 71.8 cm³/mol. The highest BCUT2D eigenvalue weighted by Gasteiger charge is 2.31. The standard InChI is InChI=1S/C14H30N2/c1-6-12-10-16(13(7-2)9-15-12)14(8-3)11(4)5/h11-15H,6-10H2,1-5H3. The van der Waals surface area contributed by atoms with Crippen molar-refractivity contribution >= 4 is 0 Å². The molecular weight excluding hydrogens is 196 g/mol. The van der Waals surface area contributed by atoms with Crippen molar-refractivity contribution in [1.82, 2.24) is 10.2 Å². The van der Waals surface area contributed by atoms with E-state index < -0.39 is 0 Å². The summed E-state index contributed by atoms with van der Waals surface area (Å²) in [6.45, 7) is 14.1. The van der Waals surface area contributed by atoms with E-state index in [2.05, 4.69) is 44.8 Å². The van der Waals surface area contributed by atoms with Gasteiger partial charge in [0, 0.05) is 31.2 Å². The lowest BCUT2D eigenvalue weighted by Gasteiger charge is -2.45. The van der Waals surface area contributed by atoms with Crippen LogP contribution in [0.3, 0.4) is 0 Å². The van der Waals surface area contributed by atoms with Gasteiger partial charge < -0.3 is 5.32 Å². The summed E-state index contributed by atoms with van der Waals surface area (Å²) in [5, 5.41) is 3.68. The summed E-state index contributed by atoms with van der Waals surface area (Å²) in [7, 11) is 0. The van der Waals surface area contributed by atoms with Crippen LogP contribution in [0.5, 0.6) is 0 Å². The first kappa shape index (κ1) is 14.0. The van der Waals surface area contributed by atoms with Crippen LogP contribution >= 0.6 is 0 Å². The van der Waals surface area contributed by atoms with E-state index in [4.69, 9.17) is 0 Å². The summed E-state index contributed by atoms with van der Waals surface area (Å²) in [6, 6.07) is 2.21. The van der Waals surface area contributed by atoms with Gasteiger partial charge in [-0.2, -0.15) is 0 Å². The molecule has 1 N–H and O–H groups in total. The van der Waals surface area contributed by atoms with Gasteiger partial charge in [0.25, 0.3) is 0 Å². The fourth-order valence-corrected chi connectivity index (χ4v) is 3.04. The van der Waals surface area contributed by atoms with Gasteiger partial charge in [0.05, 0.1) is 0 Å². The third-order valence-corrected chi connectivity index (χ3v) is 4.12. The number of hydrogen-bond donors (Lipinski definition) is 1. The molecule has 16 heavy (non-hydrogen) atoms. The van der Waals surface area contributed by atoms with E-state index in [1.165, 1.54) is 32.4 Å². The maximum Gasteiger partial charge on any atom is 0.0221 e. The lowest BCUT2D eigenvalue weighted by atomic mass is 9.94. The Morgan fingerprint density at radius 2 is 1.88 bits per heavy atom. The van der Waals surface area contributed by atoms with Crippen molar-refractivity contribution in [2.24, 2.45) is 5.92 Å². The van der Waals surface area contributed by atoms with Gasteiger partial charge in [-0.1, -0.05) is 34.6 Å². The molecule has 1 saturated heterocycles. The van der Waals surface area contributed by atoms with Gasteiger partial charge in [-0.05, 0) is 25.2 Å². The summed E-state index contributed by atoms with van der Waals surface area (Å²) in [4.78, 5) is 2.77. The molecule has 1 rings (SSSR count). The summed E-state index contributed by atoms with van der Waals surface area (Å²) in [5.74, 6) is 0.773. The molecule has 1 fully saturated rings. The van der Waals surface area contributed by atoms with E-state index in [0.29, 0.717) is 6.04 Å². The Morgan fingerprint density at radius 3 is 2.31 bits per heavy atom. The van der Waals surface area contributed by atoms with E-state index in [9.17, 15) is 0 Å². The van der Waals surface area contributed by atoms with Crippen LogP contribution < -0.4 is 5.32 Å². The highest BCUT2D eigenvalue weighted by molar-refractivity contribution is 4.89. The smallest absolute Gasteiger partial charge is 0.0221 e. The van der Waals surface area contributed by atoms with Crippen molar-refractivity contribution in [3.63, 3.8) is 0 Å². The second-order valence-corrected chi connectivity index (χ2v) is 5.49. The average molecular weight is 226 g/mol. The molecule has 0 aromatic carbocycles. The van der Waals surface area contributed by atoms with Crippen LogP contribution in [0.25, 0.3) is 0 Å². The van der Waals surface area contributed by atoms with Crippen LogP contribution in [-0.4, -0.2) is 36.1 Å². The largest absolute Gasteiger partial charge is 0.311 e. The molecule has 0 aliphatic carbocycles. The molecular formula is C14H30N2. The molecule has 0 aromatic rings. The van der Waals surface area contributed by atoms with Crippen molar-refractivity contribution in [3.8, 4) is 0 Å². The quantitative estimate of drug-likeness (QED) is 0.775. The first-order chi connectivity index (χ1) is 7.63. The Labute approximate surface area is 102 Å². The Kier molecular flexibility index (Phi) is 5.77. The van der Waals surface area contributed by atoms with Crippen LogP contribution in [0.15, 0.2) is 0 Å². The molecule has 0 radical (unpaired) electrons. The van der Waals surface area contributed by atoms with E-state index in [-0.39, 0.29) is 0 Å². The average Bonchev–Trinajstić information content (AvgIpc) is 2.29. The van der Waals surface area contributed by atoms with E-state index in [0.717, 1.165) is 18.0 Å². The predicted octanol–water partition coefficient (Wildman–Crippen LogP) is 2.88. The molecule has 1 aliphatic rings. The first-order valence-corrected chi connectivity index (χ1v) is 7.13. The minimum atomic E-state index is 0.704. The van der Waals surface area contributed by atoms with Crippen molar-refractivity contribution in [2.45, 2.75) is 72.0 Å². The summed E-state index contributed by atoms with van der Waals surface area (Å²) in [5.41, 5.74) is 0. The van der Waals surface area contributed by atoms with E-state index >= 15 is 0 Å². The lowest BCUT2D eigenvalue weighted by molar-refractivity contribution is 0.0532. The zero-order chi connectivity index (χ0) is 12.1. The fraction of sp³-hybridized carbons (Fsp3) is 1.00. The highest BCUT2D eigenvalue weighted by atomic mass is 15.3. The van der Waals surface area contributed by atoms with Gasteiger partial charge in [0.2, 0.25) is 0 Å². The molecule has 0 amide bonds. The van der Waals surface area contributed by atoms with E-state index in [1.807, 2.05) is 0 Å². The van der Waals surface area contributed by atoms with Crippen molar-refractivity contribution < 1.29 is 0 Å². The molecule has 3 atom stereocenters. The van der Waals surface area contributed by atoms with Gasteiger partial charge >= 0.3 is 0 Å². The maximum atomic E-state index is 3.68. The minimum Gasteiger partial charge on any atom is -0.311 e. The summed E-state index contributed by atoms with van der Waals surface area (Å²) >= 11 is 0. The normalized spacial score (nSPS) is 29.6. The van der Waals surface area contributed by atoms with Crippen LogP contribution in [0.2, 0.25) is 0 Å². The van der Waals surface area contributed by atoms with Gasteiger partial charge in [-0.15, -0.1) is 0 Å². The molecule has 2 heteroatoms. The molecule has 0 saturated carbocycles. The molecule has 3 unspecified atom stereocenters. The van der Waals surface area contributed by atoms with Gasteiger partial charge in [0.1, 0.15) is 0 Å². The molecule has 0 spiro atoms. The van der Waals surface area contributed by atoms with Crippen LogP contribution in [0.1, 0.15) is 53.9 Å². The first-order valence-electron chi connectivity index (χ1n) is 7.13. The molecule has 96 valence electrons. The second kappa shape index (κ2) is 6.61. The third-order valence-electron chi connectivity index (χ3n) is 4.12. The zero-order valence-corrected chi connectivity index (χ0v) is 11.8. The number of nitrogens with one attached hydrogen (secondary N) is 1. The molecule has 0 aromatic heterocycles. The molecule has 0 bridgehead atoms. The number of piperazine rings is 1. The Balaban J connectivity index is 2.69. The van der Waals surface area contributed by atoms with Crippen molar-refractivity contribution in [2.75, 3.05) is 13.1 Å². The van der Waals surface area contributed by atoms with Crippen molar-refractivity contribution in [1.29, 1.82) is 0 Å². The van der Waals surface area contributed by atoms with Gasteiger partial charge in [-0.3, -0.25) is 4.90 Å². The van der Waals surface area contributed by atoms with Crippen LogP contribution in [0.4, 0.5) is 0 Å². The second-order valence-electron chi connectivity index (χ2n) is 5.49. The zero-order valence-electron chi connectivity index (χ0n) is 11.8. The van der Waals surface area contributed by atoms with Crippen molar-refractivity contribution in [3.05, 3.63) is 0 Å². The monoisotopic (exact) mass is 226 g/mol. The Hall–Kier alpha value is -0.0800. The maximum absolute atomic E-state index is 3.68.